The third-order valence-corrected chi connectivity index (χ3v) is 6.13. The first-order valence-corrected chi connectivity index (χ1v) is 11.7. The monoisotopic (exact) mass is 432 g/mol. The molecule has 1 saturated heterocycles. The summed E-state index contributed by atoms with van der Waals surface area (Å²) in [6.07, 6.45) is 6.05. The van der Waals surface area contributed by atoms with Gasteiger partial charge in [-0.2, -0.15) is 0 Å². The summed E-state index contributed by atoms with van der Waals surface area (Å²) in [7, 11) is 0. The van der Waals surface area contributed by atoms with Gasteiger partial charge in [0.25, 0.3) is 5.91 Å². The standard InChI is InChI=1S/C26H32N4O2/c1-20-10-8-11-21(18-20)26(32)27-15-9-14-24-28-22-12-4-5-13-23(22)30(24)19-25(31)29-16-6-2-3-7-17-29/h4-5,8,10-13,18H,2-3,6-7,9,14-17,19H2,1H3,(H,27,32). The van der Waals surface area contributed by atoms with Crippen LogP contribution in [0, 0.1) is 6.92 Å². The van der Waals surface area contributed by atoms with Gasteiger partial charge in [0.05, 0.1) is 11.0 Å². The second-order valence-corrected chi connectivity index (χ2v) is 8.63. The minimum absolute atomic E-state index is 0.0569. The van der Waals surface area contributed by atoms with E-state index in [4.69, 9.17) is 4.98 Å². The molecule has 0 atom stereocenters. The van der Waals surface area contributed by atoms with Gasteiger partial charge in [0.1, 0.15) is 12.4 Å². The van der Waals surface area contributed by atoms with Crippen molar-refractivity contribution in [3.8, 4) is 0 Å². The van der Waals surface area contributed by atoms with Gasteiger partial charge in [-0.05, 0) is 50.5 Å². The van der Waals surface area contributed by atoms with Crippen LogP contribution in [0.1, 0.15) is 53.8 Å². The summed E-state index contributed by atoms with van der Waals surface area (Å²) in [5.41, 5.74) is 3.66. The van der Waals surface area contributed by atoms with E-state index in [1.807, 2.05) is 60.4 Å². The van der Waals surface area contributed by atoms with Gasteiger partial charge < -0.3 is 14.8 Å². The molecule has 1 aliphatic heterocycles. The number of amides is 2. The molecule has 2 amide bonds. The first-order valence-electron chi connectivity index (χ1n) is 11.7. The number of likely N-dealkylation sites (tertiary alicyclic amines) is 1. The number of nitrogens with zero attached hydrogens (tertiary/aromatic N) is 3. The normalized spacial score (nSPS) is 14.3. The van der Waals surface area contributed by atoms with Crippen molar-refractivity contribution < 1.29 is 9.59 Å². The zero-order valence-corrected chi connectivity index (χ0v) is 18.8. The van der Waals surface area contributed by atoms with E-state index in [0.29, 0.717) is 25.1 Å². The van der Waals surface area contributed by atoms with Gasteiger partial charge in [0, 0.05) is 31.6 Å². The van der Waals surface area contributed by atoms with Crippen molar-refractivity contribution in [1.82, 2.24) is 19.8 Å². The lowest BCUT2D eigenvalue weighted by Gasteiger charge is -2.21. The molecule has 6 nitrogen and oxygen atoms in total. The third kappa shape index (κ3) is 5.36. The van der Waals surface area contributed by atoms with Crippen LogP contribution in [-0.4, -0.2) is 45.9 Å². The Labute approximate surface area is 189 Å². The van der Waals surface area contributed by atoms with Crippen LogP contribution in [-0.2, 0) is 17.8 Å². The van der Waals surface area contributed by atoms with E-state index in [-0.39, 0.29) is 11.8 Å². The molecule has 0 radical (unpaired) electrons. The van der Waals surface area contributed by atoms with Gasteiger partial charge in [0.2, 0.25) is 5.91 Å². The zero-order valence-electron chi connectivity index (χ0n) is 18.8. The summed E-state index contributed by atoms with van der Waals surface area (Å²) in [5.74, 6) is 1.02. The highest BCUT2D eigenvalue weighted by atomic mass is 16.2. The van der Waals surface area contributed by atoms with Crippen molar-refractivity contribution in [1.29, 1.82) is 0 Å². The molecule has 0 saturated carbocycles. The number of benzene rings is 2. The summed E-state index contributed by atoms with van der Waals surface area (Å²) < 4.78 is 2.06. The van der Waals surface area contributed by atoms with E-state index in [1.54, 1.807) is 0 Å². The minimum Gasteiger partial charge on any atom is -0.352 e. The second-order valence-electron chi connectivity index (χ2n) is 8.63. The number of rotatable bonds is 7. The topological polar surface area (TPSA) is 67.2 Å². The largest absolute Gasteiger partial charge is 0.352 e. The molecule has 2 aromatic carbocycles. The van der Waals surface area contributed by atoms with E-state index >= 15 is 0 Å². The molecule has 0 bridgehead atoms. The maximum absolute atomic E-state index is 13.0. The highest BCUT2D eigenvalue weighted by molar-refractivity contribution is 5.94. The number of fused-ring (bicyclic) bond motifs is 1. The molecule has 1 fully saturated rings. The van der Waals surface area contributed by atoms with Crippen LogP contribution < -0.4 is 5.32 Å². The smallest absolute Gasteiger partial charge is 0.251 e. The number of carbonyl (C=O) groups is 2. The van der Waals surface area contributed by atoms with Crippen LogP contribution in [0.5, 0.6) is 0 Å². The molecular formula is C26H32N4O2. The van der Waals surface area contributed by atoms with E-state index in [1.165, 1.54) is 12.8 Å². The van der Waals surface area contributed by atoms with Gasteiger partial charge in [-0.3, -0.25) is 9.59 Å². The van der Waals surface area contributed by atoms with Crippen LogP contribution in [0.4, 0.5) is 0 Å². The van der Waals surface area contributed by atoms with Crippen molar-refractivity contribution in [2.75, 3.05) is 19.6 Å². The number of nitrogens with one attached hydrogen (secondary N) is 1. The number of aromatic nitrogens is 2. The molecule has 2 heterocycles. The van der Waals surface area contributed by atoms with Crippen molar-refractivity contribution in [2.24, 2.45) is 0 Å². The molecule has 3 aromatic rings. The van der Waals surface area contributed by atoms with Crippen LogP contribution >= 0.6 is 0 Å². The third-order valence-electron chi connectivity index (χ3n) is 6.13. The van der Waals surface area contributed by atoms with Gasteiger partial charge >= 0.3 is 0 Å². The summed E-state index contributed by atoms with van der Waals surface area (Å²) in [5, 5.41) is 3.00. The number of hydrogen-bond donors (Lipinski definition) is 1. The lowest BCUT2D eigenvalue weighted by molar-refractivity contribution is -0.131. The van der Waals surface area contributed by atoms with E-state index in [2.05, 4.69) is 9.88 Å². The van der Waals surface area contributed by atoms with Gasteiger partial charge in [-0.1, -0.05) is 42.7 Å². The summed E-state index contributed by atoms with van der Waals surface area (Å²) in [6.45, 7) is 4.58. The number of carbonyl (C=O) groups excluding carboxylic acids is 2. The summed E-state index contributed by atoms with van der Waals surface area (Å²) in [4.78, 5) is 32.2. The number of aryl methyl sites for hydroxylation is 2. The highest BCUT2D eigenvalue weighted by Crippen LogP contribution is 2.18. The van der Waals surface area contributed by atoms with Crippen LogP contribution in [0.2, 0.25) is 0 Å². The fourth-order valence-electron chi connectivity index (χ4n) is 4.38. The molecule has 6 heteroatoms. The predicted octanol–water partition coefficient (Wildman–Crippen LogP) is 4.11. The molecular weight excluding hydrogens is 400 g/mol. The number of imidazole rings is 1. The van der Waals surface area contributed by atoms with Crippen LogP contribution in [0.3, 0.4) is 0 Å². The quantitative estimate of drug-likeness (QED) is 0.572. The Hall–Kier alpha value is -3.15. The molecule has 1 aliphatic rings. The lowest BCUT2D eigenvalue weighted by Crippen LogP contribution is -2.35. The van der Waals surface area contributed by atoms with Gasteiger partial charge in [-0.15, -0.1) is 0 Å². The average molecular weight is 433 g/mol. The highest BCUT2D eigenvalue weighted by Gasteiger charge is 2.19. The Morgan fingerprint density at radius 1 is 1.00 bits per heavy atom. The van der Waals surface area contributed by atoms with Crippen molar-refractivity contribution in [3.63, 3.8) is 0 Å². The maximum Gasteiger partial charge on any atom is 0.251 e. The van der Waals surface area contributed by atoms with Crippen molar-refractivity contribution >= 4 is 22.8 Å². The Morgan fingerprint density at radius 3 is 2.56 bits per heavy atom. The second kappa shape index (κ2) is 10.4. The van der Waals surface area contributed by atoms with E-state index in [0.717, 1.165) is 54.8 Å². The van der Waals surface area contributed by atoms with E-state index < -0.39 is 0 Å². The fourth-order valence-corrected chi connectivity index (χ4v) is 4.38. The Bertz CT molecular complexity index is 1080. The van der Waals surface area contributed by atoms with Gasteiger partial charge in [-0.25, -0.2) is 4.98 Å². The molecule has 4 rings (SSSR count). The Morgan fingerprint density at radius 2 is 1.78 bits per heavy atom. The van der Waals surface area contributed by atoms with E-state index in [9.17, 15) is 9.59 Å². The Kier molecular flexibility index (Phi) is 7.20. The Balaban J connectivity index is 1.40. The number of hydrogen-bond acceptors (Lipinski definition) is 3. The van der Waals surface area contributed by atoms with Crippen LogP contribution in [0.25, 0.3) is 11.0 Å². The fraction of sp³-hybridized carbons (Fsp3) is 0.423. The first kappa shape index (κ1) is 22.1. The predicted molar refractivity (Wildman–Crippen MR) is 127 cm³/mol. The summed E-state index contributed by atoms with van der Waals surface area (Å²) >= 11 is 0. The molecule has 1 aromatic heterocycles. The van der Waals surface area contributed by atoms with Crippen molar-refractivity contribution in [2.45, 2.75) is 52.0 Å². The molecule has 0 aliphatic carbocycles. The average Bonchev–Trinajstić information content (AvgIpc) is 2.96. The van der Waals surface area contributed by atoms with Gasteiger partial charge in [0.15, 0.2) is 0 Å². The van der Waals surface area contributed by atoms with Crippen molar-refractivity contribution in [3.05, 3.63) is 65.5 Å². The SMILES string of the molecule is Cc1cccc(C(=O)NCCCc2nc3ccccc3n2CC(=O)N2CCCCCC2)c1. The molecule has 0 spiro atoms. The molecule has 32 heavy (non-hydrogen) atoms. The van der Waals surface area contributed by atoms with Crippen LogP contribution in [0.15, 0.2) is 48.5 Å². The molecule has 1 N–H and O–H groups in total. The zero-order chi connectivity index (χ0) is 22.3. The lowest BCUT2D eigenvalue weighted by atomic mass is 10.1. The first-order chi connectivity index (χ1) is 15.6. The minimum atomic E-state index is -0.0569. The number of para-hydroxylation sites is 2. The summed E-state index contributed by atoms with van der Waals surface area (Å²) in [6, 6.07) is 15.6. The maximum atomic E-state index is 13.0. The molecule has 168 valence electrons. The molecule has 0 unspecified atom stereocenters.